The summed E-state index contributed by atoms with van der Waals surface area (Å²) in [6, 6.07) is 0. The molecule has 0 rings (SSSR count). The number of ether oxygens (including phenoxy) is 1. The summed E-state index contributed by atoms with van der Waals surface area (Å²) in [5.74, 6) is 2.20. The van der Waals surface area contributed by atoms with Crippen molar-refractivity contribution in [3.05, 3.63) is 25.3 Å². The summed E-state index contributed by atoms with van der Waals surface area (Å²) < 4.78 is 5.27. The molecule has 0 saturated carbocycles. The second-order valence-electron chi connectivity index (χ2n) is 4.59. The second-order valence-corrected chi connectivity index (χ2v) is 4.59. The van der Waals surface area contributed by atoms with E-state index in [2.05, 4.69) is 19.1 Å². The summed E-state index contributed by atoms with van der Waals surface area (Å²) in [4.78, 5) is 11.1. The Morgan fingerprint density at radius 3 is 2.38 bits per heavy atom. The molecule has 2 nitrogen and oxygen atoms in total. The van der Waals surface area contributed by atoms with E-state index in [0.29, 0.717) is 12.8 Å². The third-order valence-electron chi connectivity index (χ3n) is 2.37. The molecule has 0 aliphatic carbocycles. The van der Waals surface area contributed by atoms with Crippen LogP contribution in [0.5, 0.6) is 0 Å². The Labute approximate surface area is 98.4 Å². The Kier molecular flexibility index (Phi) is 5.04. The predicted octanol–water partition coefficient (Wildman–Crippen LogP) is 3.10. The summed E-state index contributed by atoms with van der Waals surface area (Å²) >= 11 is 0. The van der Waals surface area contributed by atoms with Crippen molar-refractivity contribution in [1.82, 2.24) is 0 Å². The molecule has 0 aromatic carbocycles. The first-order valence-corrected chi connectivity index (χ1v) is 5.23. The second kappa shape index (κ2) is 5.55. The Hall–Kier alpha value is -1.49. The maximum atomic E-state index is 11.1. The van der Waals surface area contributed by atoms with Crippen LogP contribution in [-0.4, -0.2) is 11.6 Å². The first kappa shape index (κ1) is 14.5. The molecule has 0 spiro atoms. The lowest BCUT2D eigenvalue weighted by atomic mass is 9.79. The van der Waals surface area contributed by atoms with Crippen LogP contribution in [0.25, 0.3) is 0 Å². The molecule has 0 radical (unpaired) electrons. The first-order valence-electron chi connectivity index (χ1n) is 5.23. The van der Waals surface area contributed by atoms with E-state index >= 15 is 0 Å². The van der Waals surface area contributed by atoms with E-state index in [1.165, 1.54) is 6.92 Å². The smallest absolute Gasteiger partial charge is 0.304 e. The molecule has 2 heteroatoms. The molecule has 16 heavy (non-hydrogen) atoms. The van der Waals surface area contributed by atoms with Crippen LogP contribution in [0.2, 0.25) is 0 Å². The Bertz CT molecular complexity index is 320. The maximum absolute atomic E-state index is 11.1. The Morgan fingerprint density at radius 1 is 1.50 bits per heavy atom. The Balaban J connectivity index is 5.05. The van der Waals surface area contributed by atoms with Gasteiger partial charge in [0.15, 0.2) is 5.60 Å². The molecular weight excluding hydrogens is 200 g/mol. The van der Waals surface area contributed by atoms with Gasteiger partial charge in [0.05, 0.1) is 0 Å². The molecule has 0 aromatic heterocycles. The number of esters is 1. The highest BCUT2D eigenvalue weighted by atomic mass is 16.6. The largest absolute Gasteiger partial charge is 0.446 e. The molecule has 0 amide bonds. The zero-order chi connectivity index (χ0) is 12.8. The van der Waals surface area contributed by atoms with Crippen molar-refractivity contribution in [3.63, 3.8) is 0 Å². The highest BCUT2D eigenvalue weighted by Gasteiger charge is 2.35. The number of allylic oxidation sites excluding steroid dienone is 1. The first-order chi connectivity index (χ1) is 7.31. The third-order valence-corrected chi connectivity index (χ3v) is 2.37. The fourth-order valence-electron chi connectivity index (χ4n) is 1.61. The molecule has 0 fully saturated rings. The van der Waals surface area contributed by atoms with E-state index < -0.39 is 5.60 Å². The van der Waals surface area contributed by atoms with Gasteiger partial charge in [-0.3, -0.25) is 4.79 Å². The number of terminal acetylenes is 1. The lowest BCUT2D eigenvalue weighted by molar-refractivity contribution is -0.153. The van der Waals surface area contributed by atoms with Gasteiger partial charge >= 0.3 is 5.97 Å². The quantitative estimate of drug-likeness (QED) is 0.390. The lowest BCUT2D eigenvalue weighted by Gasteiger charge is -2.33. The predicted molar refractivity (Wildman–Crippen MR) is 66.7 cm³/mol. The standard InChI is InChI=1S/C14H20O2/c1-7-10-14(9-3,16-12(4)15)11-13(5,6)8-2/h3,7-8H,1-2,10-11H2,4-6H3. The van der Waals surface area contributed by atoms with E-state index in [-0.39, 0.29) is 11.4 Å². The van der Waals surface area contributed by atoms with Gasteiger partial charge in [0.2, 0.25) is 0 Å². The summed E-state index contributed by atoms with van der Waals surface area (Å²) in [6.45, 7) is 12.8. The summed E-state index contributed by atoms with van der Waals surface area (Å²) in [6.07, 6.45) is 9.95. The van der Waals surface area contributed by atoms with Gasteiger partial charge in [-0.15, -0.1) is 19.6 Å². The number of rotatable bonds is 6. The van der Waals surface area contributed by atoms with Crippen molar-refractivity contribution < 1.29 is 9.53 Å². The molecule has 0 N–H and O–H groups in total. The van der Waals surface area contributed by atoms with Crippen LogP contribution in [0.15, 0.2) is 25.3 Å². The zero-order valence-corrected chi connectivity index (χ0v) is 10.4. The van der Waals surface area contributed by atoms with Crippen LogP contribution in [0, 0.1) is 17.8 Å². The molecule has 0 heterocycles. The van der Waals surface area contributed by atoms with E-state index in [1.807, 2.05) is 19.9 Å². The van der Waals surface area contributed by atoms with Gasteiger partial charge in [0.25, 0.3) is 0 Å². The maximum Gasteiger partial charge on any atom is 0.304 e. The minimum atomic E-state index is -0.911. The summed E-state index contributed by atoms with van der Waals surface area (Å²) in [7, 11) is 0. The van der Waals surface area contributed by atoms with Crippen LogP contribution >= 0.6 is 0 Å². The fraction of sp³-hybridized carbons (Fsp3) is 0.500. The molecule has 0 saturated heterocycles. The monoisotopic (exact) mass is 220 g/mol. The van der Waals surface area contributed by atoms with Crippen LogP contribution in [-0.2, 0) is 9.53 Å². The topological polar surface area (TPSA) is 26.3 Å². The van der Waals surface area contributed by atoms with Crippen LogP contribution < -0.4 is 0 Å². The van der Waals surface area contributed by atoms with Crippen LogP contribution in [0.4, 0.5) is 0 Å². The normalized spacial score (nSPS) is 14.4. The molecule has 1 atom stereocenters. The number of hydrogen-bond acceptors (Lipinski definition) is 2. The molecule has 88 valence electrons. The van der Waals surface area contributed by atoms with Crippen molar-refractivity contribution in [3.8, 4) is 12.3 Å². The van der Waals surface area contributed by atoms with Crippen LogP contribution in [0.1, 0.15) is 33.6 Å². The minimum Gasteiger partial charge on any atom is -0.446 e. The van der Waals surface area contributed by atoms with Crippen molar-refractivity contribution in [2.45, 2.75) is 39.2 Å². The lowest BCUT2D eigenvalue weighted by Crippen LogP contribution is -2.36. The van der Waals surface area contributed by atoms with Gasteiger partial charge in [-0.2, -0.15) is 0 Å². The number of carbonyl (C=O) groups excluding carboxylic acids is 1. The average Bonchev–Trinajstić information content (AvgIpc) is 2.16. The van der Waals surface area contributed by atoms with E-state index in [9.17, 15) is 4.79 Å². The highest BCUT2D eigenvalue weighted by molar-refractivity contribution is 5.67. The van der Waals surface area contributed by atoms with Crippen molar-refractivity contribution in [2.24, 2.45) is 5.41 Å². The van der Waals surface area contributed by atoms with E-state index in [4.69, 9.17) is 11.2 Å². The molecule has 0 bridgehead atoms. The van der Waals surface area contributed by atoms with Gasteiger partial charge in [-0.1, -0.05) is 31.9 Å². The molecule has 0 aliphatic heterocycles. The van der Waals surface area contributed by atoms with Gasteiger partial charge in [0.1, 0.15) is 0 Å². The van der Waals surface area contributed by atoms with Crippen molar-refractivity contribution >= 4 is 5.97 Å². The van der Waals surface area contributed by atoms with E-state index in [1.54, 1.807) is 6.08 Å². The molecule has 0 aromatic rings. The number of carbonyl (C=O) groups is 1. The number of hydrogen-bond donors (Lipinski definition) is 0. The van der Waals surface area contributed by atoms with Gasteiger partial charge in [-0.25, -0.2) is 0 Å². The summed E-state index contributed by atoms with van der Waals surface area (Å²) in [5, 5.41) is 0. The zero-order valence-electron chi connectivity index (χ0n) is 10.4. The van der Waals surface area contributed by atoms with Gasteiger partial charge in [-0.05, 0) is 5.41 Å². The van der Waals surface area contributed by atoms with Gasteiger partial charge in [0, 0.05) is 19.8 Å². The van der Waals surface area contributed by atoms with Gasteiger partial charge < -0.3 is 4.74 Å². The minimum absolute atomic E-state index is 0.190. The summed E-state index contributed by atoms with van der Waals surface area (Å²) in [5.41, 5.74) is -1.10. The third kappa shape index (κ3) is 4.35. The van der Waals surface area contributed by atoms with E-state index in [0.717, 1.165) is 0 Å². The highest BCUT2D eigenvalue weighted by Crippen LogP contribution is 2.33. The van der Waals surface area contributed by atoms with Crippen LogP contribution in [0.3, 0.4) is 0 Å². The molecule has 0 aliphatic rings. The fourth-order valence-corrected chi connectivity index (χ4v) is 1.61. The van der Waals surface area contributed by atoms with Crippen molar-refractivity contribution in [2.75, 3.05) is 0 Å². The molecular formula is C14H20O2. The average molecular weight is 220 g/mol. The molecule has 1 unspecified atom stereocenters. The SMILES string of the molecule is C#CC(CC=C)(CC(C)(C)C=C)OC(C)=O. The van der Waals surface area contributed by atoms with Crippen molar-refractivity contribution in [1.29, 1.82) is 0 Å². The Morgan fingerprint density at radius 2 is 2.06 bits per heavy atom.